The minimum absolute atomic E-state index is 0.0572. The van der Waals surface area contributed by atoms with Gasteiger partial charge < -0.3 is 15.2 Å². The van der Waals surface area contributed by atoms with Gasteiger partial charge in [-0.05, 0) is 44.4 Å². The smallest absolute Gasteiger partial charge is 0.223 e. The van der Waals surface area contributed by atoms with Crippen LogP contribution in [0.5, 0.6) is 0 Å². The summed E-state index contributed by atoms with van der Waals surface area (Å²) in [5.41, 5.74) is 0. The number of amides is 2. The molecule has 0 atom stereocenters. The van der Waals surface area contributed by atoms with Crippen LogP contribution in [0.3, 0.4) is 0 Å². The maximum atomic E-state index is 12.4. The van der Waals surface area contributed by atoms with Gasteiger partial charge in [0.05, 0.1) is 6.54 Å². The van der Waals surface area contributed by atoms with Crippen LogP contribution in [0.15, 0.2) is 12.4 Å². The third-order valence-electron chi connectivity index (χ3n) is 6.00. The summed E-state index contributed by atoms with van der Waals surface area (Å²) in [6, 6.07) is 0.240. The summed E-state index contributed by atoms with van der Waals surface area (Å²) < 4.78 is 1.92. The molecule has 1 aromatic heterocycles. The lowest BCUT2D eigenvalue weighted by Crippen LogP contribution is -2.41. The van der Waals surface area contributed by atoms with Gasteiger partial charge in [0.25, 0.3) is 0 Å². The van der Waals surface area contributed by atoms with Gasteiger partial charge in [0, 0.05) is 37.8 Å². The van der Waals surface area contributed by atoms with E-state index in [1.165, 1.54) is 32.1 Å². The minimum Gasteiger partial charge on any atom is -0.353 e. The first kappa shape index (κ1) is 18.9. The van der Waals surface area contributed by atoms with Crippen LogP contribution in [0.25, 0.3) is 0 Å². The molecular weight excluding hydrogens is 328 g/mol. The Morgan fingerprint density at radius 1 is 1.12 bits per heavy atom. The number of carbonyl (C=O) groups is 2. The van der Waals surface area contributed by atoms with Gasteiger partial charge in [0.2, 0.25) is 11.8 Å². The zero-order valence-corrected chi connectivity index (χ0v) is 15.9. The van der Waals surface area contributed by atoms with Gasteiger partial charge in [-0.2, -0.15) is 0 Å². The molecule has 3 rings (SSSR count). The van der Waals surface area contributed by atoms with Crippen molar-refractivity contribution in [2.45, 2.75) is 76.8 Å². The van der Waals surface area contributed by atoms with E-state index in [1.807, 2.05) is 17.8 Å². The Hall–Kier alpha value is -1.85. The summed E-state index contributed by atoms with van der Waals surface area (Å²) >= 11 is 0. The van der Waals surface area contributed by atoms with Crippen molar-refractivity contribution < 1.29 is 9.59 Å². The maximum Gasteiger partial charge on any atom is 0.223 e. The summed E-state index contributed by atoms with van der Waals surface area (Å²) in [5, 5.41) is 6.20. The number of hydrogen-bond acceptors (Lipinski definition) is 3. The van der Waals surface area contributed by atoms with Crippen molar-refractivity contribution in [3.8, 4) is 0 Å². The van der Waals surface area contributed by atoms with E-state index in [4.69, 9.17) is 0 Å². The van der Waals surface area contributed by atoms with Crippen LogP contribution in [0.1, 0.15) is 70.0 Å². The van der Waals surface area contributed by atoms with Crippen LogP contribution in [-0.4, -0.2) is 27.4 Å². The Bertz CT molecular complexity index is 599. The predicted octanol–water partition coefficient (Wildman–Crippen LogP) is 2.68. The number of aryl methyl sites for hydroxylation is 1. The average molecular weight is 361 g/mol. The Morgan fingerprint density at radius 2 is 1.85 bits per heavy atom. The first-order valence-electron chi connectivity index (χ1n) is 10.1. The van der Waals surface area contributed by atoms with E-state index < -0.39 is 0 Å². The monoisotopic (exact) mass is 360 g/mol. The standard InChI is InChI=1S/C20H32N4O2/c1-24-12-11-21-18(24)14-22-20(26)16-7-9-17(10-8-16)23-19(25)13-15-5-3-2-4-6-15/h11-12,15-17H,2-10,13-14H2,1H3,(H,22,26)(H,23,25). The normalized spacial score (nSPS) is 24.2. The summed E-state index contributed by atoms with van der Waals surface area (Å²) in [5.74, 6) is 1.82. The molecule has 6 heteroatoms. The highest BCUT2D eigenvalue weighted by atomic mass is 16.2. The molecule has 0 radical (unpaired) electrons. The zero-order valence-electron chi connectivity index (χ0n) is 15.9. The summed E-state index contributed by atoms with van der Waals surface area (Å²) in [4.78, 5) is 28.8. The van der Waals surface area contributed by atoms with E-state index in [1.54, 1.807) is 6.20 Å². The Morgan fingerprint density at radius 3 is 2.50 bits per heavy atom. The van der Waals surface area contributed by atoms with Crippen LogP contribution in [0, 0.1) is 11.8 Å². The highest BCUT2D eigenvalue weighted by molar-refractivity contribution is 5.79. The molecule has 0 bridgehead atoms. The third kappa shape index (κ3) is 5.32. The van der Waals surface area contributed by atoms with Gasteiger partial charge in [0.15, 0.2) is 0 Å². The number of nitrogens with zero attached hydrogens (tertiary/aromatic N) is 2. The molecule has 2 amide bonds. The molecule has 0 saturated heterocycles. The van der Waals surface area contributed by atoms with Crippen molar-refractivity contribution >= 4 is 11.8 Å². The van der Waals surface area contributed by atoms with Crippen LogP contribution < -0.4 is 10.6 Å². The van der Waals surface area contributed by atoms with Crippen LogP contribution in [0.2, 0.25) is 0 Å². The van der Waals surface area contributed by atoms with Crippen molar-refractivity contribution in [3.05, 3.63) is 18.2 Å². The van der Waals surface area contributed by atoms with Crippen LogP contribution >= 0.6 is 0 Å². The van der Waals surface area contributed by atoms with Crippen LogP contribution in [0.4, 0.5) is 0 Å². The molecule has 144 valence electrons. The highest BCUT2D eigenvalue weighted by Crippen LogP contribution is 2.27. The second kappa shape index (κ2) is 9.19. The first-order chi connectivity index (χ1) is 12.6. The number of rotatable bonds is 6. The first-order valence-corrected chi connectivity index (χ1v) is 10.1. The molecule has 6 nitrogen and oxygen atoms in total. The fourth-order valence-electron chi connectivity index (χ4n) is 4.32. The second-order valence-electron chi connectivity index (χ2n) is 8.00. The molecule has 0 aromatic carbocycles. The second-order valence-corrected chi connectivity index (χ2v) is 8.00. The van der Waals surface area contributed by atoms with Gasteiger partial charge in [-0.15, -0.1) is 0 Å². The molecule has 2 saturated carbocycles. The van der Waals surface area contributed by atoms with E-state index in [0.717, 1.165) is 31.5 Å². The van der Waals surface area contributed by atoms with Crippen molar-refractivity contribution in [2.75, 3.05) is 0 Å². The topological polar surface area (TPSA) is 76.0 Å². The predicted molar refractivity (Wildman–Crippen MR) is 100 cm³/mol. The van der Waals surface area contributed by atoms with Crippen molar-refractivity contribution in [2.24, 2.45) is 18.9 Å². The van der Waals surface area contributed by atoms with Crippen LogP contribution in [-0.2, 0) is 23.2 Å². The summed E-state index contributed by atoms with van der Waals surface area (Å²) in [6.07, 6.45) is 14.1. The molecule has 2 aliphatic rings. The lowest BCUT2D eigenvalue weighted by Gasteiger charge is -2.29. The van der Waals surface area contributed by atoms with Gasteiger partial charge in [-0.3, -0.25) is 9.59 Å². The van der Waals surface area contributed by atoms with Gasteiger partial charge in [0.1, 0.15) is 5.82 Å². The molecule has 2 aliphatic carbocycles. The van der Waals surface area contributed by atoms with E-state index in [9.17, 15) is 9.59 Å². The Labute approximate surface area is 156 Å². The van der Waals surface area contributed by atoms with Gasteiger partial charge in [-0.25, -0.2) is 4.98 Å². The SMILES string of the molecule is Cn1ccnc1CNC(=O)C1CCC(NC(=O)CC2CCCCC2)CC1. The molecule has 0 spiro atoms. The summed E-state index contributed by atoms with van der Waals surface area (Å²) in [7, 11) is 1.93. The molecule has 2 N–H and O–H groups in total. The van der Waals surface area contributed by atoms with Gasteiger partial charge >= 0.3 is 0 Å². The molecule has 0 aliphatic heterocycles. The highest BCUT2D eigenvalue weighted by Gasteiger charge is 2.27. The Balaban J connectivity index is 1.34. The maximum absolute atomic E-state index is 12.4. The Kier molecular flexibility index (Phi) is 6.69. The third-order valence-corrected chi connectivity index (χ3v) is 6.00. The van der Waals surface area contributed by atoms with E-state index in [0.29, 0.717) is 18.9 Å². The van der Waals surface area contributed by atoms with Crippen molar-refractivity contribution in [3.63, 3.8) is 0 Å². The molecule has 2 fully saturated rings. The van der Waals surface area contributed by atoms with E-state index in [2.05, 4.69) is 15.6 Å². The lowest BCUT2D eigenvalue weighted by molar-refractivity contribution is -0.126. The fraction of sp³-hybridized carbons (Fsp3) is 0.750. The number of nitrogens with one attached hydrogen (secondary N) is 2. The number of imidazole rings is 1. The average Bonchev–Trinajstić information content (AvgIpc) is 3.06. The molecule has 0 unspecified atom stereocenters. The van der Waals surface area contributed by atoms with Gasteiger partial charge in [-0.1, -0.05) is 19.3 Å². The quantitative estimate of drug-likeness (QED) is 0.819. The van der Waals surface area contributed by atoms with Crippen molar-refractivity contribution in [1.82, 2.24) is 20.2 Å². The molecule has 26 heavy (non-hydrogen) atoms. The summed E-state index contributed by atoms with van der Waals surface area (Å²) in [6.45, 7) is 0.473. The number of aromatic nitrogens is 2. The number of hydrogen-bond donors (Lipinski definition) is 2. The molecule has 1 aromatic rings. The largest absolute Gasteiger partial charge is 0.353 e. The number of carbonyl (C=O) groups excluding carboxylic acids is 2. The zero-order chi connectivity index (χ0) is 18.4. The molecule has 1 heterocycles. The van der Waals surface area contributed by atoms with E-state index in [-0.39, 0.29) is 23.8 Å². The lowest BCUT2D eigenvalue weighted by atomic mass is 9.84. The van der Waals surface area contributed by atoms with E-state index >= 15 is 0 Å². The molecular formula is C20H32N4O2. The van der Waals surface area contributed by atoms with Crippen molar-refractivity contribution in [1.29, 1.82) is 0 Å². The minimum atomic E-state index is 0.0572. The fourth-order valence-corrected chi connectivity index (χ4v) is 4.32.